The number of rotatable bonds is 4. The quantitative estimate of drug-likeness (QED) is 0.891. The van der Waals surface area contributed by atoms with Crippen LogP contribution >= 0.6 is 0 Å². The van der Waals surface area contributed by atoms with Crippen molar-refractivity contribution in [2.45, 2.75) is 25.3 Å². The van der Waals surface area contributed by atoms with Crippen molar-refractivity contribution in [3.05, 3.63) is 17.7 Å². The number of aromatic nitrogens is 1. The second kappa shape index (κ2) is 7.11. The van der Waals surface area contributed by atoms with Gasteiger partial charge in [0.15, 0.2) is 0 Å². The fraction of sp³-hybridized carbons (Fsp3) is 0.533. The minimum absolute atomic E-state index is 0.145. The smallest absolute Gasteiger partial charge is 0.260 e. The van der Waals surface area contributed by atoms with Crippen LogP contribution in [0.1, 0.15) is 29.6 Å². The van der Waals surface area contributed by atoms with E-state index >= 15 is 0 Å². The zero-order valence-corrected chi connectivity index (χ0v) is 13.1. The van der Waals surface area contributed by atoms with Crippen LogP contribution in [-0.4, -0.2) is 55.6 Å². The van der Waals surface area contributed by atoms with Gasteiger partial charge in [0, 0.05) is 19.7 Å². The highest BCUT2D eigenvalue weighted by atomic mass is 16.5. The fourth-order valence-electron chi connectivity index (χ4n) is 2.62. The number of hydrogen-bond acceptors (Lipinski definition) is 5. The molecular weight excluding hydrogens is 286 g/mol. The normalized spacial score (nSPS) is 17.8. The Hall–Kier alpha value is -2.31. The Morgan fingerprint density at radius 1 is 1.27 bits per heavy atom. The topological polar surface area (TPSA) is 80.8 Å². The van der Waals surface area contributed by atoms with Gasteiger partial charge >= 0.3 is 0 Å². The molecule has 0 aliphatic carbocycles. The molecule has 1 aromatic rings. The standard InChI is InChI=1S/C15H21N3O4/c1-16-13(19)11-6-4-5-9-18(11)15(20)10-7-8-12(21-2)17-14(10)22-3/h7-8,11H,4-6,9H2,1-3H3,(H,16,19)/t11-/m1/s1. The molecule has 1 N–H and O–H groups in total. The summed E-state index contributed by atoms with van der Waals surface area (Å²) in [7, 11) is 4.52. The average Bonchev–Trinajstić information content (AvgIpc) is 2.59. The van der Waals surface area contributed by atoms with Crippen LogP contribution in [0, 0.1) is 0 Å². The first-order valence-corrected chi connectivity index (χ1v) is 7.24. The number of pyridine rings is 1. The summed E-state index contributed by atoms with van der Waals surface area (Å²) in [6.07, 6.45) is 2.47. The van der Waals surface area contributed by atoms with E-state index in [1.807, 2.05) is 0 Å². The second-order valence-electron chi connectivity index (χ2n) is 5.03. The molecule has 1 aromatic heterocycles. The molecular formula is C15H21N3O4. The predicted molar refractivity (Wildman–Crippen MR) is 80.1 cm³/mol. The number of likely N-dealkylation sites (N-methyl/N-ethyl adjacent to an activating group) is 1. The maximum Gasteiger partial charge on any atom is 0.260 e. The minimum atomic E-state index is -0.446. The maximum atomic E-state index is 12.8. The highest BCUT2D eigenvalue weighted by molar-refractivity contribution is 5.99. The number of ether oxygens (including phenoxy) is 2. The van der Waals surface area contributed by atoms with Crippen LogP contribution in [0.5, 0.6) is 11.8 Å². The van der Waals surface area contributed by atoms with Gasteiger partial charge in [0.2, 0.25) is 17.7 Å². The summed E-state index contributed by atoms with van der Waals surface area (Å²) >= 11 is 0. The SMILES string of the molecule is CNC(=O)[C@H]1CCCCN1C(=O)c1ccc(OC)nc1OC. The number of nitrogens with one attached hydrogen (secondary N) is 1. The van der Waals surface area contributed by atoms with Gasteiger partial charge in [-0.05, 0) is 25.3 Å². The summed E-state index contributed by atoms with van der Waals surface area (Å²) < 4.78 is 10.2. The van der Waals surface area contributed by atoms with E-state index in [1.165, 1.54) is 14.2 Å². The lowest BCUT2D eigenvalue weighted by molar-refractivity contribution is -0.126. The van der Waals surface area contributed by atoms with Crippen LogP contribution in [0.3, 0.4) is 0 Å². The molecule has 7 nitrogen and oxygen atoms in total. The summed E-state index contributed by atoms with van der Waals surface area (Å²) in [5, 5.41) is 2.62. The molecule has 22 heavy (non-hydrogen) atoms. The van der Waals surface area contributed by atoms with Gasteiger partial charge in [-0.25, -0.2) is 0 Å². The first-order valence-electron chi connectivity index (χ1n) is 7.24. The van der Waals surface area contributed by atoms with E-state index < -0.39 is 6.04 Å². The fourth-order valence-corrected chi connectivity index (χ4v) is 2.62. The molecule has 1 atom stereocenters. The molecule has 0 bridgehead atoms. The molecule has 0 aromatic carbocycles. The van der Waals surface area contributed by atoms with Crippen LogP contribution < -0.4 is 14.8 Å². The van der Waals surface area contributed by atoms with E-state index in [-0.39, 0.29) is 17.7 Å². The lowest BCUT2D eigenvalue weighted by Gasteiger charge is -2.34. The molecule has 2 rings (SSSR count). The first kappa shape index (κ1) is 16.1. The van der Waals surface area contributed by atoms with E-state index in [1.54, 1.807) is 24.1 Å². The van der Waals surface area contributed by atoms with Gasteiger partial charge < -0.3 is 19.7 Å². The first-order chi connectivity index (χ1) is 10.6. The monoisotopic (exact) mass is 307 g/mol. The van der Waals surface area contributed by atoms with Crippen LogP contribution in [0.2, 0.25) is 0 Å². The molecule has 1 fully saturated rings. The van der Waals surface area contributed by atoms with Crippen molar-refractivity contribution < 1.29 is 19.1 Å². The summed E-state index contributed by atoms with van der Waals surface area (Å²) in [6.45, 7) is 0.548. The Labute approximate surface area is 129 Å². The van der Waals surface area contributed by atoms with Crippen LogP contribution in [0.25, 0.3) is 0 Å². The third kappa shape index (κ3) is 3.13. The molecule has 1 saturated heterocycles. The maximum absolute atomic E-state index is 12.8. The number of hydrogen-bond donors (Lipinski definition) is 1. The van der Waals surface area contributed by atoms with E-state index in [0.717, 1.165) is 12.8 Å². The van der Waals surface area contributed by atoms with Crippen LogP contribution in [-0.2, 0) is 4.79 Å². The largest absolute Gasteiger partial charge is 0.481 e. The zero-order valence-electron chi connectivity index (χ0n) is 13.1. The molecule has 0 spiro atoms. The van der Waals surface area contributed by atoms with Crippen molar-refractivity contribution >= 4 is 11.8 Å². The Morgan fingerprint density at radius 3 is 2.68 bits per heavy atom. The number of likely N-dealkylation sites (tertiary alicyclic amines) is 1. The second-order valence-corrected chi connectivity index (χ2v) is 5.03. The minimum Gasteiger partial charge on any atom is -0.481 e. The molecule has 1 aliphatic rings. The molecule has 2 heterocycles. The predicted octanol–water partition coefficient (Wildman–Crippen LogP) is 0.839. The number of carbonyl (C=O) groups is 2. The molecule has 0 saturated carbocycles. The van der Waals surface area contributed by atoms with Gasteiger partial charge in [0.25, 0.3) is 5.91 Å². The van der Waals surface area contributed by atoms with Crippen molar-refractivity contribution in [1.29, 1.82) is 0 Å². The van der Waals surface area contributed by atoms with Crippen molar-refractivity contribution in [2.75, 3.05) is 27.8 Å². The Balaban J connectivity index is 2.31. The molecule has 0 unspecified atom stereocenters. The summed E-state index contributed by atoms with van der Waals surface area (Å²) in [5.41, 5.74) is 0.333. The van der Waals surface area contributed by atoms with Crippen molar-refractivity contribution in [3.8, 4) is 11.8 Å². The number of methoxy groups -OCH3 is 2. The molecule has 7 heteroatoms. The van der Waals surface area contributed by atoms with Crippen molar-refractivity contribution in [2.24, 2.45) is 0 Å². The van der Waals surface area contributed by atoms with E-state index in [0.29, 0.717) is 24.4 Å². The molecule has 120 valence electrons. The van der Waals surface area contributed by atoms with Gasteiger partial charge in [-0.3, -0.25) is 9.59 Å². The van der Waals surface area contributed by atoms with Gasteiger partial charge in [0.1, 0.15) is 11.6 Å². The number of amides is 2. The van der Waals surface area contributed by atoms with E-state index in [4.69, 9.17) is 9.47 Å². The Morgan fingerprint density at radius 2 is 2.05 bits per heavy atom. The number of nitrogens with zero attached hydrogens (tertiary/aromatic N) is 2. The van der Waals surface area contributed by atoms with Crippen LogP contribution in [0.15, 0.2) is 12.1 Å². The highest BCUT2D eigenvalue weighted by Crippen LogP contribution is 2.25. The van der Waals surface area contributed by atoms with E-state index in [2.05, 4.69) is 10.3 Å². The third-order valence-corrected chi connectivity index (χ3v) is 3.78. The van der Waals surface area contributed by atoms with Gasteiger partial charge in [-0.1, -0.05) is 0 Å². The van der Waals surface area contributed by atoms with Crippen molar-refractivity contribution in [3.63, 3.8) is 0 Å². The third-order valence-electron chi connectivity index (χ3n) is 3.78. The summed E-state index contributed by atoms with van der Waals surface area (Å²) in [4.78, 5) is 30.5. The van der Waals surface area contributed by atoms with Crippen LogP contribution in [0.4, 0.5) is 0 Å². The lowest BCUT2D eigenvalue weighted by atomic mass is 10.00. The lowest BCUT2D eigenvalue weighted by Crippen LogP contribution is -2.51. The molecule has 2 amide bonds. The Bertz CT molecular complexity index is 562. The molecule has 0 radical (unpaired) electrons. The zero-order chi connectivity index (χ0) is 16.1. The highest BCUT2D eigenvalue weighted by Gasteiger charge is 2.33. The molecule has 1 aliphatic heterocycles. The average molecular weight is 307 g/mol. The Kier molecular flexibility index (Phi) is 5.19. The summed E-state index contributed by atoms with van der Waals surface area (Å²) in [5.74, 6) is 0.175. The number of piperidine rings is 1. The van der Waals surface area contributed by atoms with Gasteiger partial charge in [-0.2, -0.15) is 4.98 Å². The van der Waals surface area contributed by atoms with E-state index in [9.17, 15) is 9.59 Å². The van der Waals surface area contributed by atoms with Gasteiger partial charge in [0.05, 0.1) is 14.2 Å². The van der Waals surface area contributed by atoms with Gasteiger partial charge in [-0.15, -0.1) is 0 Å². The number of carbonyl (C=O) groups excluding carboxylic acids is 2. The summed E-state index contributed by atoms with van der Waals surface area (Å²) in [6, 6.07) is 2.77. The van der Waals surface area contributed by atoms with Crippen molar-refractivity contribution in [1.82, 2.24) is 15.2 Å².